The molecule has 1 rings (SSSR count). The molecule has 0 aliphatic rings. The summed E-state index contributed by atoms with van der Waals surface area (Å²) >= 11 is 0. The van der Waals surface area contributed by atoms with Gasteiger partial charge < -0.3 is 5.11 Å². The first-order valence-electron chi connectivity index (χ1n) is 4.65. The van der Waals surface area contributed by atoms with E-state index in [1.807, 2.05) is 0 Å². The first-order chi connectivity index (χ1) is 7.30. The molecule has 5 heteroatoms. The largest absolute Gasteiger partial charge is 0.416 e. The highest BCUT2D eigenvalue weighted by molar-refractivity contribution is 5.76. The van der Waals surface area contributed by atoms with E-state index in [0.29, 0.717) is 5.56 Å². The molecule has 0 aliphatic carbocycles. The Labute approximate surface area is 90.7 Å². The quantitative estimate of drug-likeness (QED) is 0.869. The number of benzene rings is 1. The summed E-state index contributed by atoms with van der Waals surface area (Å²) in [5, 5.41) is 9.48. The van der Waals surface area contributed by atoms with E-state index in [1.165, 1.54) is 19.1 Å². The first-order valence-corrected chi connectivity index (χ1v) is 4.65. The summed E-state index contributed by atoms with van der Waals surface area (Å²) in [5.41, 5.74) is -0.463. The lowest BCUT2D eigenvalue weighted by Crippen LogP contribution is -2.07. The Morgan fingerprint density at radius 3 is 2.19 bits per heavy atom. The van der Waals surface area contributed by atoms with Crippen LogP contribution in [0.3, 0.4) is 0 Å². The maximum atomic E-state index is 12.2. The zero-order valence-electron chi connectivity index (χ0n) is 8.58. The lowest BCUT2D eigenvalue weighted by atomic mass is 10.0. The molecule has 1 aromatic carbocycles. The van der Waals surface area contributed by atoms with Crippen molar-refractivity contribution in [3.63, 3.8) is 0 Å². The molecule has 88 valence electrons. The minimum atomic E-state index is -4.38. The number of hydrogen-bond acceptors (Lipinski definition) is 2. The van der Waals surface area contributed by atoms with Gasteiger partial charge in [0, 0.05) is 6.42 Å². The molecule has 0 heterocycles. The van der Waals surface area contributed by atoms with Gasteiger partial charge in [-0.25, -0.2) is 0 Å². The molecule has 0 saturated heterocycles. The van der Waals surface area contributed by atoms with E-state index in [2.05, 4.69) is 0 Å². The van der Waals surface area contributed by atoms with Gasteiger partial charge >= 0.3 is 6.18 Å². The van der Waals surface area contributed by atoms with Crippen molar-refractivity contribution in [3.05, 3.63) is 35.4 Å². The van der Waals surface area contributed by atoms with Gasteiger partial charge in [-0.2, -0.15) is 13.2 Å². The smallest absolute Gasteiger partial charge is 0.388 e. The number of Topliss-reactive ketones (excluding diaryl/α,β-unsaturated/α-hetero) is 1. The second kappa shape index (κ2) is 4.65. The highest BCUT2D eigenvalue weighted by atomic mass is 19.4. The van der Waals surface area contributed by atoms with Gasteiger partial charge in [-0.15, -0.1) is 0 Å². The van der Waals surface area contributed by atoms with Crippen LogP contribution in [0.4, 0.5) is 13.2 Å². The average molecular weight is 232 g/mol. The van der Waals surface area contributed by atoms with Crippen LogP contribution in [0.25, 0.3) is 0 Å². The summed E-state index contributed by atoms with van der Waals surface area (Å²) in [7, 11) is 0. The van der Waals surface area contributed by atoms with Gasteiger partial charge in [0.2, 0.25) is 0 Å². The van der Waals surface area contributed by atoms with Crippen LogP contribution in [0.5, 0.6) is 0 Å². The van der Waals surface area contributed by atoms with E-state index in [1.54, 1.807) is 0 Å². The fourth-order valence-electron chi connectivity index (χ4n) is 1.28. The number of carbonyl (C=O) groups excluding carboxylic acids is 1. The normalized spacial score (nSPS) is 13.6. The summed E-state index contributed by atoms with van der Waals surface area (Å²) in [6.45, 7) is 1.31. The van der Waals surface area contributed by atoms with E-state index >= 15 is 0 Å². The maximum absolute atomic E-state index is 12.2. The van der Waals surface area contributed by atoms with Crippen LogP contribution in [-0.4, -0.2) is 10.9 Å². The van der Waals surface area contributed by atoms with Gasteiger partial charge in [-0.05, 0) is 24.6 Å². The predicted octanol–water partition coefficient (Wildman–Crippen LogP) is 2.72. The molecule has 1 aromatic rings. The fraction of sp³-hybridized carbons (Fsp3) is 0.364. The molecule has 0 saturated carbocycles. The van der Waals surface area contributed by atoms with Crippen LogP contribution in [0, 0.1) is 0 Å². The van der Waals surface area contributed by atoms with Gasteiger partial charge in [0.05, 0.1) is 11.7 Å². The standard InChI is InChI=1S/C11H11F3O2/c1-7(15)6-10(16)8-2-4-9(5-3-8)11(12,13)14/h2-5,10,16H,6H2,1H3. The Bertz CT molecular complexity index is 368. The Hall–Kier alpha value is -1.36. The van der Waals surface area contributed by atoms with Crippen molar-refractivity contribution >= 4 is 5.78 Å². The van der Waals surface area contributed by atoms with Crippen molar-refractivity contribution in [1.82, 2.24) is 0 Å². The van der Waals surface area contributed by atoms with Gasteiger partial charge in [0.1, 0.15) is 5.78 Å². The number of carbonyl (C=O) groups is 1. The Balaban J connectivity index is 2.83. The summed E-state index contributed by atoms with van der Waals surface area (Å²) < 4.78 is 36.6. The van der Waals surface area contributed by atoms with Gasteiger partial charge in [0.25, 0.3) is 0 Å². The third-order valence-corrected chi connectivity index (χ3v) is 2.10. The molecule has 1 atom stereocenters. The molecule has 0 spiro atoms. The highest BCUT2D eigenvalue weighted by Crippen LogP contribution is 2.30. The second-order valence-electron chi connectivity index (χ2n) is 3.54. The van der Waals surface area contributed by atoms with Crippen LogP contribution in [0.2, 0.25) is 0 Å². The highest BCUT2D eigenvalue weighted by Gasteiger charge is 2.30. The number of ketones is 1. The van der Waals surface area contributed by atoms with E-state index < -0.39 is 17.8 Å². The van der Waals surface area contributed by atoms with Crippen molar-refractivity contribution in [1.29, 1.82) is 0 Å². The van der Waals surface area contributed by atoms with Crippen LogP contribution in [0.1, 0.15) is 30.6 Å². The molecule has 0 radical (unpaired) electrons. The van der Waals surface area contributed by atoms with E-state index in [4.69, 9.17) is 0 Å². The zero-order valence-corrected chi connectivity index (χ0v) is 8.58. The molecule has 1 N–H and O–H groups in total. The minimum absolute atomic E-state index is 0.0919. The average Bonchev–Trinajstić information content (AvgIpc) is 2.15. The second-order valence-corrected chi connectivity index (χ2v) is 3.54. The molecular weight excluding hydrogens is 221 g/mol. The van der Waals surface area contributed by atoms with E-state index in [9.17, 15) is 23.1 Å². The van der Waals surface area contributed by atoms with Crippen LogP contribution in [-0.2, 0) is 11.0 Å². The van der Waals surface area contributed by atoms with Crippen LogP contribution < -0.4 is 0 Å². The summed E-state index contributed by atoms with van der Waals surface area (Å²) in [5.74, 6) is -0.215. The SMILES string of the molecule is CC(=O)CC(O)c1ccc(C(F)(F)F)cc1. The number of aliphatic hydroxyl groups excluding tert-OH is 1. The van der Waals surface area contributed by atoms with Crippen LogP contribution >= 0.6 is 0 Å². The molecular formula is C11H11F3O2. The Morgan fingerprint density at radius 1 is 1.31 bits per heavy atom. The van der Waals surface area contributed by atoms with Crippen molar-refractivity contribution < 1.29 is 23.1 Å². The number of aliphatic hydroxyl groups is 1. The molecule has 0 aromatic heterocycles. The molecule has 16 heavy (non-hydrogen) atoms. The van der Waals surface area contributed by atoms with Crippen molar-refractivity contribution in [2.75, 3.05) is 0 Å². The van der Waals surface area contributed by atoms with Gasteiger partial charge in [-0.1, -0.05) is 12.1 Å². The zero-order chi connectivity index (χ0) is 12.3. The van der Waals surface area contributed by atoms with Gasteiger partial charge in [-0.3, -0.25) is 4.79 Å². The monoisotopic (exact) mass is 232 g/mol. The van der Waals surface area contributed by atoms with Gasteiger partial charge in [0.15, 0.2) is 0 Å². The molecule has 1 unspecified atom stereocenters. The maximum Gasteiger partial charge on any atom is 0.416 e. The molecule has 0 bridgehead atoms. The Morgan fingerprint density at radius 2 is 1.81 bits per heavy atom. The van der Waals surface area contributed by atoms with Crippen LogP contribution in [0.15, 0.2) is 24.3 Å². The topological polar surface area (TPSA) is 37.3 Å². The van der Waals surface area contributed by atoms with Crippen molar-refractivity contribution in [3.8, 4) is 0 Å². The summed E-state index contributed by atoms with van der Waals surface area (Å²) in [4.78, 5) is 10.7. The molecule has 0 fully saturated rings. The molecule has 0 aliphatic heterocycles. The lowest BCUT2D eigenvalue weighted by molar-refractivity contribution is -0.137. The van der Waals surface area contributed by atoms with Crippen molar-refractivity contribution in [2.24, 2.45) is 0 Å². The summed E-state index contributed by atoms with van der Waals surface area (Å²) in [6.07, 6.45) is -5.52. The third kappa shape index (κ3) is 3.34. The van der Waals surface area contributed by atoms with E-state index in [-0.39, 0.29) is 12.2 Å². The van der Waals surface area contributed by atoms with E-state index in [0.717, 1.165) is 12.1 Å². The molecule has 0 amide bonds. The number of hydrogen-bond donors (Lipinski definition) is 1. The Kier molecular flexibility index (Phi) is 3.70. The number of rotatable bonds is 3. The molecule has 2 nitrogen and oxygen atoms in total. The minimum Gasteiger partial charge on any atom is -0.388 e. The summed E-state index contributed by atoms with van der Waals surface area (Å²) in [6, 6.07) is 4.13. The fourth-order valence-corrected chi connectivity index (χ4v) is 1.28. The lowest BCUT2D eigenvalue weighted by Gasteiger charge is -2.11. The first kappa shape index (κ1) is 12.7. The number of alkyl halides is 3. The predicted molar refractivity (Wildman–Crippen MR) is 51.7 cm³/mol. The third-order valence-electron chi connectivity index (χ3n) is 2.10. The van der Waals surface area contributed by atoms with Crippen molar-refractivity contribution in [2.45, 2.75) is 25.6 Å². The number of halogens is 3.